The van der Waals surface area contributed by atoms with Gasteiger partial charge < -0.3 is 15.7 Å². The number of aliphatic hydroxyl groups excluding tert-OH is 1. The normalized spacial score (nSPS) is 24.5. The van der Waals surface area contributed by atoms with Gasteiger partial charge in [0.25, 0.3) is 0 Å². The second-order valence-electron chi connectivity index (χ2n) is 7.86. The fourth-order valence-electron chi connectivity index (χ4n) is 4.18. The van der Waals surface area contributed by atoms with Crippen molar-refractivity contribution in [3.8, 4) is 0 Å². The Hall–Kier alpha value is -2.59. The van der Waals surface area contributed by atoms with E-state index in [2.05, 4.69) is 10.1 Å². The molecule has 4 rings (SSSR count). The van der Waals surface area contributed by atoms with Crippen LogP contribution in [0.2, 0.25) is 5.02 Å². The molecule has 1 aromatic carbocycles. The number of hydrogen-bond donors (Lipinski definition) is 2. The predicted octanol–water partition coefficient (Wildman–Crippen LogP) is 3.56. The molecule has 7 nitrogen and oxygen atoms in total. The smallest absolute Gasteiger partial charge is 0.396 e. The third-order valence-corrected chi connectivity index (χ3v) is 6.15. The fourth-order valence-corrected chi connectivity index (χ4v) is 4.43. The van der Waals surface area contributed by atoms with Gasteiger partial charge in [-0.05, 0) is 43.7 Å². The van der Waals surface area contributed by atoms with Crippen LogP contribution >= 0.6 is 11.6 Å². The van der Waals surface area contributed by atoms with Crippen molar-refractivity contribution in [2.24, 2.45) is 16.6 Å². The molecule has 1 amide bonds. The molecule has 1 aromatic heterocycles. The topological polar surface area (TPSA) is 96.7 Å². The van der Waals surface area contributed by atoms with Gasteiger partial charge in [-0.25, -0.2) is 0 Å². The fraction of sp³-hybridized carbons (Fsp3) is 0.450. The molecule has 0 radical (unpaired) electrons. The molecule has 2 aromatic rings. The van der Waals surface area contributed by atoms with Gasteiger partial charge in [0, 0.05) is 24.4 Å². The second-order valence-corrected chi connectivity index (χ2v) is 8.26. The molecular weight excluding hydrogens is 435 g/mol. The van der Waals surface area contributed by atoms with Crippen molar-refractivity contribution >= 4 is 40.3 Å². The van der Waals surface area contributed by atoms with Crippen LogP contribution < -0.4 is 10.6 Å². The summed E-state index contributed by atoms with van der Waals surface area (Å²) in [4.78, 5) is 16.2. The standard InChI is InChI=1S/C20H21ClF3N5O2/c21-14-6-15-12(9-28(27-15)13-3-1-11(10-30)2-4-13)5-16(14)29-17(19(25)31)7-26-8-18(29)20(22,23)24/h5-9,11,13,17,30H,1-4,10H2,(H2,25,31). The van der Waals surface area contributed by atoms with Crippen LogP contribution in [-0.2, 0) is 4.79 Å². The van der Waals surface area contributed by atoms with Crippen molar-refractivity contribution in [2.45, 2.75) is 43.9 Å². The molecule has 11 heteroatoms. The molecule has 166 valence electrons. The number of rotatable bonds is 4. The number of aliphatic imine (C=N–C) groups is 1. The summed E-state index contributed by atoms with van der Waals surface area (Å²) in [6.07, 6.45) is 2.18. The van der Waals surface area contributed by atoms with Crippen molar-refractivity contribution in [3.05, 3.63) is 35.2 Å². The number of benzene rings is 1. The maximum atomic E-state index is 13.7. The lowest BCUT2D eigenvalue weighted by Gasteiger charge is -2.34. The minimum Gasteiger partial charge on any atom is -0.396 e. The summed E-state index contributed by atoms with van der Waals surface area (Å²) in [5.74, 6) is -0.688. The van der Waals surface area contributed by atoms with Gasteiger partial charge in [0.05, 0.1) is 28.5 Å². The van der Waals surface area contributed by atoms with Gasteiger partial charge in [0.15, 0.2) is 0 Å². The summed E-state index contributed by atoms with van der Waals surface area (Å²) >= 11 is 6.35. The van der Waals surface area contributed by atoms with Crippen molar-refractivity contribution in [1.29, 1.82) is 0 Å². The van der Waals surface area contributed by atoms with Crippen molar-refractivity contribution in [1.82, 2.24) is 9.78 Å². The number of fused-ring (bicyclic) bond motifs is 1. The molecule has 1 fully saturated rings. The average molecular weight is 456 g/mol. The molecule has 0 saturated heterocycles. The zero-order valence-corrected chi connectivity index (χ0v) is 17.1. The molecule has 31 heavy (non-hydrogen) atoms. The molecule has 1 unspecified atom stereocenters. The number of anilines is 1. The first-order valence-corrected chi connectivity index (χ1v) is 10.3. The Labute approximate surface area is 181 Å². The van der Waals surface area contributed by atoms with E-state index in [4.69, 9.17) is 17.3 Å². The van der Waals surface area contributed by atoms with Crippen LogP contribution in [-0.4, -0.2) is 45.8 Å². The molecule has 3 N–H and O–H groups in total. The minimum absolute atomic E-state index is 0.00349. The van der Waals surface area contributed by atoms with Crippen LogP contribution in [0.4, 0.5) is 18.9 Å². The Balaban J connectivity index is 1.73. The van der Waals surface area contributed by atoms with Crippen LogP contribution in [0, 0.1) is 5.92 Å². The van der Waals surface area contributed by atoms with Gasteiger partial charge in [-0.15, -0.1) is 0 Å². The van der Waals surface area contributed by atoms with Gasteiger partial charge in [-0.1, -0.05) is 11.6 Å². The molecular formula is C20H21ClF3N5O2. The van der Waals surface area contributed by atoms with E-state index in [1.54, 1.807) is 6.20 Å². The number of carbonyl (C=O) groups is 1. The molecule has 1 aliphatic carbocycles. The van der Waals surface area contributed by atoms with Gasteiger partial charge >= 0.3 is 6.18 Å². The average Bonchev–Trinajstić information content (AvgIpc) is 3.14. The maximum Gasteiger partial charge on any atom is 0.433 e. The van der Waals surface area contributed by atoms with Gasteiger partial charge in [0.1, 0.15) is 11.7 Å². The van der Waals surface area contributed by atoms with E-state index >= 15 is 0 Å². The SMILES string of the molecule is NC(=O)C1C=NC=C(C(F)(F)F)N1c1cc2cn(C3CCC(CO)CC3)nc2cc1Cl. The largest absolute Gasteiger partial charge is 0.433 e. The number of alkyl halides is 3. The molecule has 1 atom stereocenters. The van der Waals surface area contributed by atoms with Crippen LogP contribution in [0.3, 0.4) is 0 Å². The van der Waals surface area contributed by atoms with Crippen LogP contribution in [0.1, 0.15) is 31.7 Å². The number of primary amides is 1. The van der Waals surface area contributed by atoms with Gasteiger partial charge in [-0.2, -0.15) is 18.3 Å². The third-order valence-electron chi connectivity index (χ3n) is 5.84. The number of hydrogen-bond acceptors (Lipinski definition) is 5. The third kappa shape index (κ3) is 4.14. The number of aliphatic hydroxyl groups is 1. The number of nitrogens with two attached hydrogens (primary N) is 1. The summed E-state index contributed by atoms with van der Waals surface area (Å²) < 4.78 is 42.8. The number of halogens is 4. The van der Waals surface area contributed by atoms with E-state index in [-0.39, 0.29) is 23.4 Å². The lowest BCUT2D eigenvalue weighted by atomic mass is 9.87. The highest BCUT2D eigenvalue weighted by atomic mass is 35.5. The lowest BCUT2D eigenvalue weighted by Crippen LogP contribution is -2.49. The van der Waals surface area contributed by atoms with Crippen molar-refractivity contribution in [3.63, 3.8) is 0 Å². The Morgan fingerprint density at radius 3 is 2.58 bits per heavy atom. The van der Waals surface area contributed by atoms with Crippen molar-refractivity contribution < 1.29 is 23.1 Å². The van der Waals surface area contributed by atoms with E-state index < -0.39 is 23.8 Å². The maximum absolute atomic E-state index is 13.7. The summed E-state index contributed by atoms with van der Waals surface area (Å²) in [6, 6.07) is 1.68. The summed E-state index contributed by atoms with van der Waals surface area (Å²) in [5, 5.41) is 14.5. The first-order valence-electron chi connectivity index (χ1n) is 9.87. The zero-order valence-electron chi connectivity index (χ0n) is 16.4. The van der Waals surface area contributed by atoms with Gasteiger partial charge in [-0.3, -0.25) is 14.5 Å². The summed E-state index contributed by atoms with van der Waals surface area (Å²) in [5.41, 5.74) is 4.75. The quantitative estimate of drug-likeness (QED) is 0.736. The Morgan fingerprint density at radius 2 is 1.97 bits per heavy atom. The minimum atomic E-state index is -4.76. The lowest BCUT2D eigenvalue weighted by molar-refractivity contribution is -0.118. The van der Waals surface area contributed by atoms with E-state index in [9.17, 15) is 23.1 Å². The number of allylic oxidation sites excluding steroid dienone is 1. The van der Waals surface area contributed by atoms with Crippen LogP contribution in [0.25, 0.3) is 10.9 Å². The zero-order chi connectivity index (χ0) is 22.3. The Morgan fingerprint density at radius 1 is 1.26 bits per heavy atom. The highest BCUT2D eigenvalue weighted by Gasteiger charge is 2.44. The Bertz CT molecular complexity index is 1060. The van der Waals surface area contributed by atoms with Crippen LogP contribution in [0.15, 0.2) is 35.2 Å². The highest BCUT2D eigenvalue weighted by molar-refractivity contribution is 6.34. The van der Waals surface area contributed by atoms with Crippen molar-refractivity contribution in [2.75, 3.05) is 11.5 Å². The highest BCUT2D eigenvalue weighted by Crippen LogP contribution is 2.40. The van der Waals surface area contributed by atoms with E-state index in [0.29, 0.717) is 23.0 Å². The van der Waals surface area contributed by atoms with E-state index in [0.717, 1.165) is 36.8 Å². The number of aromatic nitrogens is 2. The molecule has 2 aliphatic rings. The predicted molar refractivity (Wildman–Crippen MR) is 111 cm³/mol. The number of carbonyl (C=O) groups excluding carboxylic acids is 1. The van der Waals surface area contributed by atoms with Crippen LogP contribution in [0.5, 0.6) is 0 Å². The molecule has 1 saturated carbocycles. The van der Waals surface area contributed by atoms with E-state index in [1.165, 1.54) is 12.1 Å². The second kappa shape index (κ2) is 8.16. The molecule has 1 aliphatic heterocycles. The van der Waals surface area contributed by atoms with E-state index in [1.807, 2.05) is 4.68 Å². The Kier molecular flexibility index (Phi) is 5.69. The molecule has 2 heterocycles. The van der Waals surface area contributed by atoms with Gasteiger partial charge in [0.2, 0.25) is 5.91 Å². The molecule has 0 spiro atoms. The first-order chi connectivity index (χ1) is 14.7. The first kappa shape index (κ1) is 21.6. The summed E-state index contributed by atoms with van der Waals surface area (Å²) in [6.45, 7) is 0.169. The number of amides is 1. The summed E-state index contributed by atoms with van der Waals surface area (Å²) in [7, 11) is 0. The molecule has 0 bridgehead atoms. The monoisotopic (exact) mass is 455 g/mol. The number of nitrogens with zero attached hydrogens (tertiary/aromatic N) is 4.